The van der Waals surface area contributed by atoms with Gasteiger partial charge in [0.05, 0.1) is 11.3 Å². The molecule has 0 saturated carbocycles. The SMILES string of the molecule is CCN(Cc1ccc(OCc2ccccc2)cc1)C(=O)c1ccccc1-n1cnnn1. The van der Waals surface area contributed by atoms with Crippen LogP contribution in [0, 0.1) is 0 Å². The van der Waals surface area contributed by atoms with Crippen molar-refractivity contribution in [2.75, 3.05) is 6.54 Å². The number of hydrogen-bond acceptors (Lipinski definition) is 5. The molecule has 0 aliphatic rings. The first-order chi connectivity index (χ1) is 15.2. The lowest BCUT2D eigenvalue weighted by Crippen LogP contribution is -2.31. The molecule has 7 heteroatoms. The van der Waals surface area contributed by atoms with Crippen LogP contribution >= 0.6 is 0 Å². The molecule has 0 N–H and O–H groups in total. The molecule has 1 heterocycles. The van der Waals surface area contributed by atoms with Crippen molar-refractivity contribution in [3.63, 3.8) is 0 Å². The van der Waals surface area contributed by atoms with Gasteiger partial charge >= 0.3 is 0 Å². The average molecular weight is 413 g/mol. The highest BCUT2D eigenvalue weighted by molar-refractivity contribution is 5.97. The average Bonchev–Trinajstić information content (AvgIpc) is 3.37. The summed E-state index contributed by atoms with van der Waals surface area (Å²) in [4.78, 5) is 15.0. The van der Waals surface area contributed by atoms with E-state index in [2.05, 4.69) is 15.5 Å². The molecule has 0 fully saturated rings. The van der Waals surface area contributed by atoms with Crippen molar-refractivity contribution in [1.82, 2.24) is 25.1 Å². The summed E-state index contributed by atoms with van der Waals surface area (Å²) in [5.41, 5.74) is 3.36. The van der Waals surface area contributed by atoms with E-state index in [0.29, 0.717) is 30.9 Å². The Labute approximate surface area is 180 Å². The van der Waals surface area contributed by atoms with E-state index in [1.165, 1.54) is 11.0 Å². The zero-order valence-electron chi connectivity index (χ0n) is 17.3. The number of rotatable bonds is 8. The molecule has 4 aromatic rings. The summed E-state index contributed by atoms with van der Waals surface area (Å²) < 4.78 is 7.35. The van der Waals surface area contributed by atoms with Gasteiger partial charge in [0.1, 0.15) is 18.7 Å². The van der Waals surface area contributed by atoms with E-state index in [1.54, 1.807) is 11.0 Å². The van der Waals surface area contributed by atoms with Gasteiger partial charge in [-0.05, 0) is 52.7 Å². The maximum atomic E-state index is 13.2. The summed E-state index contributed by atoms with van der Waals surface area (Å²) in [6.07, 6.45) is 1.48. The summed E-state index contributed by atoms with van der Waals surface area (Å²) in [6, 6.07) is 25.2. The zero-order chi connectivity index (χ0) is 21.5. The predicted octanol–water partition coefficient (Wildman–Crippen LogP) is 3.90. The molecular formula is C24H23N5O2. The normalized spacial score (nSPS) is 10.6. The van der Waals surface area contributed by atoms with E-state index >= 15 is 0 Å². The second-order valence-electron chi connectivity index (χ2n) is 7.01. The molecule has 7 nitrogen and oxygen atoms in total. The van der Waals surface area contributed by atoms with Crippen LogP contribution in [0.1, 0.15) is 28.4 Å². The maximum absolute atomic E-state index is 13.2. The van der Waals surface area contributed by atoms with E-state index in [0.717, 1.165) is 16.9 Å². The Hall–Kier alpha value is -4.00. The first-order valence-corrected chi connectivity index (χ1v) is 10.1. The highest BCUT2D eigenvalue weighted by atomic mass is 16.5. The van der Waals surface area contributed by atoms with Crippen molar-refractivity contribution in [3.05, 3.63) is 102 Å². The summed E-state index contributed by atoms with van der Waals surface area (Å²) in [6.45, 7) is 3.57. The number of benzene rings is 3. The zero-order valence-corrected chi connectivity index (χ0v) is 17.3. The molecule has 156 valence electrons. The number of para-hydroxylation sites is 1. The molecule has 0 bridgehead atoms. The molecule has 0 radical (unpaired) electrons. The molecule has 0 unspecified atom stereocenters. The first kappa shape index (κ1) is 20.3. The second kappa shape index (κ2) is 9.67. The van der Waals surface area contributed by atoms with E-state index in [1.807, 2.05) is 79.7 Å². The molecule has 1 amide bonds. The number of hydrogen-bond donors (Lipinski definition) is 0. The quantitative estimate of drug-likeness (QED) is 0.438. The Morgan fingerprint density at radius 3 is 2.39 bits per heavy atom. The van der Waals surface area contributed by atoms with Crippen LogP contribution in [0.5, 0.6) is 5.75 Å². The molecule has 0 atom stereocenters. The fourth-order valence-corrected chi connectivity index (χ4v) is 3.28. The number of amides is 1. The van der Waals surface area contributed by atoms with Crippen LogP contribution in [0.15, 0.2) is 85.2 Å². The molecule has 3 aromatic carbocycles. The van der Waals surface area contributed by atoms with Gasteiger partial charge in [-0.25, -0.2) is 0 Å². The van der Waals surface area contributed by atoms with Gasteiger partial charge in [-0.3, -0.25) is 4.79 Å². The van der Waals surface area contributed by atoms with Crippen molar-refractivity contribution in [3.8, 4) is 11.4 Å². The molecule has 31 heavy (non-hydrogen) atoms. The smallest absolute Gasteiger partial charge is 0.256 e. The van der Waals surface area contributed by atoms with Gasteiger partial charge in [0, 0.05) is 13.1 Å². The van der Waals surface area contributed by atoms with E-state index in [4.69, 9.17) is 4.74 Å². The number of carbonyl (C=O) groups excluding carboxylic acids is 1. The summed E-state index contributed by atoms with van der Waals surface area (Å²) in [7, 11) is 0. The molecule has 0 aliphatic heterocycles. The lowest BCUT2D eigenvalue weighted by Gasteiger charge is -2.22. The number of nitrogens with zero attached hydrogens (tertiary/aromatic N) is 5. The Morgan fingerprint density at radius 2 is 1.68 bits per heavy atom. The minimum Gasteiger partial charge on any atom is -0.489 e. The monoisotopic (exact) mass is 413 g/mol. The van der Waals surface area contributed by atoms with Gasteiger partial charge < -0.3 is 9.64 Å². The van der Waals surface area contributed by atoms with Crippen LogP contribution < -0.4 is 4.74 Å². The number of carbonyl (C=O) groups is 1. The van der Waals surface area contributed by atoms with Crippen molar-refractivity contribution in [1.29, 1.82) is 0 Å². The fourth-order valence-electron chi connectivity index (χ4n) is 3.28. The summed E-state index contributed by atoms with van der Waals surface area (Å²) in [5.74, 6) is 0.726. The highest BCUT2D eigenvalue weighted by Crippen LogP contribution is 2.19. The minimum atomic E-state index is -0.0713. The lowest BCUT2D eigenvalue weighted by molar-refractivity contribution is 0.0752. The highest BCUT2D eigenvalue weighted by Gasteiger charge is 2.19. The van der Waals surface area contributed by atoms with Gasteiger partial charge in [-0.2, -0.15) is 4.68 Å². The largest absolute Gasteiger partial charge is 0.489 e. The molecule has 1 aromatic heterocycles. The molecular weight excluding hydrogens is 390 g/mol. The Balaban J connectivity index is 1.44. The lowest BCUT2D eigenvalue weighted by atomic mass is 10.1. The van der Waals surface area contributed by atoms with Crippen molar-refractivity contribution >= 4 is 5.91 Å². The van der Waals surface area contributed by atoms with Crippen LogP contribution in [0.3, 0.4) is 0 Å². The maximum Gasteiger partial charge on any atom is 0.256 e. The van der Waals surface area contributed by atoms with Crippen LogP contribution in [0.2, 0.25) is 0 Å². The molecule has 0 aliphatic carbocycles. The van der Waals surface area contributed by atoms with Crippen molar-refractivity contribution in [2.45, 2.75) is 20.1 Å². The number of aromatic nitrogens is 4. The first-order valence-electron chi connectivity index (χ1n) is 10.1. The van der Waals surface area contributed by atoms with Gasteiger partial charge in [-0.1, -0.05) is 54.6 Å². The third-order valence-electron chi connectivity index (χ3n) is 4.94. The van der Waals surface area contributed by atoms with Crippen molar-refractivity contribution in [2.24, 2.45) is 0 Å². The van der Waals surface area contributed by atoms with Gasteiger partial charge in [-0.15, -0.1) is 5.10 Å². The molecule has 4 rings (SSSR count). The standard InChI is InChI=1S/C24H23N5O2/c1-2-28(24(30)22-10-6-7-11-23(22)29-18-25-26-27-29)16-19-12-14-21(15-13-19)31-17-20-8-4-3-5-9-20/h3-15,18H,2,16-17H2,1H3. The third-order valence-corrected chi connectivity index (χ3v) is 4.94. The molecule has 0 spiro atoms. The van der Waals surface area contributed by atoms with Gasteiger partial charge in [0.2, 0.25) is 0 Å². The van der Waals surface area contributed by atoms with E-state index < -0.39 is 0 Å². The van der Waals surface area contributed by atoms with Crippen LogP contribution in [0.4, 0.5) is 0 Å². The van der Waals surface area contributed by atoms with Crippen molar-refractivity contribution < 1.29 is 9.53 Å². The van der Waals surface area contributed by atoms with Crippen LogP contribution in [0.25, 0.3) is 5.69 Å². The summed E-state index contributed by atoms with van der Waals surface area (Å²) >= 11 is 0. The summed E-state index contributed by atoms with van der Waals surface area (Å²) in [5, 5.41) is 11.3. The Bertz CT molecular complexity index is 1110. The van der Waals surface area contributed by atoms with Gasteiger partial charge in [0.15, 0.2) is 0 Å². The topological polar surface area (TPSA) is 73.1 Å². The second-order valence-corrected chi connectivity index (χ2v) is 7.01. The van der Waals surface area contributed by atoms with Crippen LogP contribution in [-0.4, -0.2) is 37.6 Å². The van der Waals surface area contributed by atoms with E-state index in [9.17, 15) is 4.79 Å². The number of tetrazole rings is 1. The third kappa shape index (κ3) is 4.95. The Morgan fingerprint density at radius 1 is 0.935 bits per heavy atom. The fraction of sp³-hybridized carbons (Fsp3) is 0.167. The minimum absolute atomic E-state index is 0.0713. The Kier molecular flexibility index (Phi) is 6.32. The van der Waals surface area contributed by atoms with Crippen LogP contribution in [-0.2, 0) is 13.2 Å². The predicted molar refractivity (Wildman–Crippen MR) is 117 cm³/mol. The molecule has 0 saturated heterocycles. The number of ether oxygens (including phenoxy) is 1. The van der Waals surface area contributed by atoms with Gasteiger partial charge in [0.25, 0.3) is 5.91 Å². The van der Waals surface area contributed by atoms with E-state index in [-0.39, 0.29) is 5.91 Å².